The van der Waals surface area contributed by atoms with Gasteiger partial charge >= 0.3 is 0 Å². The first kappa shape index (κ1) is 13.8. The monoisotopic (exact) mass is 296 g/mol. The van der Waals surface area contributed by atoms with E-state index in [1.165, 1.54) is 0 Å². The number of thiazole rings is 1. The second kappa shape index (κ2) is 6.08. The second-order valence-electron chi connectivity index (χ2n) is 4.64. The maximum absolute atomic E-state index is 5.70. The van der Waals surface area contributed by atoms with Gasteiger partial charge in [-0.2, -0.15) is 0 Å². The van der Waals surface area contributed by atoms with Crippen LogP contribution in [0.3, 0.4) is 0 Å². The molecule has 106 valence electrons. The fourth-order valence-electron chi connectivity index (χ4n) is 2.22. The van der Waals surface area contributed by atoms with E-state index in [2.05, 4.69) is 17.5 Å². The zero-order valence-electron chi connectivity index (χ0n) is 11.7. The summed E-state index contributed by atoms with van der Waals surface area (Å²) in [6, 6.07) is 16.1. The summed E-state index contributed by atoms with van der Waals surface area (Å²) >= 11 is 1.63. The van der Waals surface area contributed by atoms with Crippen LogP contribution in [-0.2, 0) is 6.54 Å². The number of hydrogen-bond donors (Lipinski definition) is 1. The average Bonchev–Trinajstić information content (AvgIpc) is 3.04. The van der Waals surface area contributed by atoms with Gasteiger partial charge in [-0.15, -0.1) is 11.3 Å². The Labute approximate surface area is 128 Å². The summed E-state index contributed by atoms with van der Waals surface area (Å²) in [5.74, 6) is 0.838. The molecule has 0 bridgehead atoms. The van der Waals surface area contributed by atoms with Crippen molar-refractivity contribution in [1.82, 2.24) is 4.98 Å². The number of rotatable bonds is 4. The van der Waals surface area contributed by atoms with Crippen LogP contribution in [0.2, 0.25) is 0 Å². The summed E-state index contributed by atoms with van der Waals surface area (Å²) in [4.78, 5) is 4.73. The first-order valence-corrected chi connectivity index (χ1v) is 7.58. The zero-order valence-corrected chi connectivity index (χ0v) is 12.6. The molecule has 4 heteroatoms. The minimum Gasteiger partial charge on any atom is -0.496 e. The molecular weight excluding hydrogens is 280 g/mol. The molecule has 0 amide bonds. The summed E-state index contributed by atoms with van der Waals surface area (Å²) in [5, 5.41) is 3.05. The molecule has 1 heterocycles. The molecule has 0 spiro atoms. The number of methoxy groups -OCH3 is 1. The Hall–Kier alpha value is -2.17. The molecule has 3 aromatic rings. The van der Waals surface area contributed by atoms with E-state index in [0.717, 1.165) is 33.1 Å². The molecule has 0 radical (unpaired) electrons. The summed E-state index contributed by atoms with van der Waals surface area (Å²) < 4.78 is 5.40. The largest absolute Gasteiger partial charge is 0.496 e. The Morgan fingerprint density at radius 3 is 2.81 bits per heavy atom. The van der Waals surface area contributed by atoms with Gasteiger partial charge in [0.2, 0.25) is 0 Å². The minimum absolute atomic E-state index is 0.540. The van der Waals surface area contributed by atoms with Crippen molar-refractivity contribution >= 4 is 11.3 Å². The van der Waals surface area contributed by atoms with Crippen molar-refractivity contribution in [3.05, 3.63) is 59.5 Å². The van der Waals surface area contributed by atoms with E-state index in [1.807, 2.05) is 36.4 Å². The van der Waals surface area contributed by atoms with Crippen LogP contribution in [0, 0.1) is 0 Å². The lowest BCUT2D eigenvalue weighted by atomic mass is 10.1. The molecule has 21 heavy (non-hydrogen) atoms. The van der Waals surface area contributed by atoms with Gasteiger partial charge in [-0.25, -0.2) is 4.98 Å². The highest BCUT2D eigenvalue weighted by Crippen LogP contribution is 2.33. The first-order valence-electron chi connectivity index (χ1n) is 6.70. The lowest BCUT2D eigenvalue weighted by molar-refractivity contribution is 0.416. The van der Waals surface area contributed by atoms with Crippen molar-refractivity contribution < 1.29 is 4.74 Å². The highest BCUT2D eigenvalue weighted by atomic mass is 32.1. The van der Waals surface area contributed by atoms with Crippen LogP contribution in [0.15, 0.2) is 53.9 Å². The van der Waals surface area contributed by atoms with Gasteiger partial charge < -0.3 is 10.5 Å². The zero-order chi connectivity index (χ0) is 14.7. The molecule has 0 atom stereocenters. The maximum atomic E-state index is 5.70. The molecule has 2 N–H and O–H groups in total. The number of para-hydroxylation sites is 1. The van der Waals surface area contributed by atoms with E-state index in [1.54, 1.807) is 18.4 Å². The van der Waals surface area contributed by atoms with E-state index in [4.69, 9.17) is 15.5 Å². The third kappa shape index (κ3) is 2.82. The van der Waals surface area contributed by atoms with Crippen LogP contribution < -0.4 is 10.5 Å². The molecule has 3 rings (SSSR count). The van der Waals surface area contributed by atoms with Gasteiger partial charge in [0, 0.05) is 23.1 Å². The quantitative estimate of drug-likeness (QED) is 0.793. The van der Waals surface area contributed by atoms with Crippen LogP contribution >= 0.6 is 11.3 Å². The third-order valence-electron chi connectivity index (χ3n) is 3.30. The standard InChI is InChI=1S/C17H16N2OS/c1-20-16-8-3-2-7-14(16)15-11-21-17(19-15)13-6-4-5-12(9-13)10-18/h2-9,11H,10,18H2,1H3. The first-order chi connectivity index (χ1) is 10.3. The molecule has 0 fully saturated rings. The lowest BCUT2D eigenvalue weighted by Gasteiger charge is -2.05. The van der Waals surface area contributed by atoms with Crippen LogP contribution in [-0.4, -0.2) is 12.1 Å². The summed E-state index contributed by atoms with van der Waals surface area (Å²) in [5.41, 5.74) is 9.86. The number of ether oxygens (including phenoxy) is 1. The number of benzene rings is 2. The fraction of sp³-hybridized carbons (Fsp3) is 0.118. The normalized spacial score (nSPS) is 10.6. The SMILES string of the molecule is COc1ccccc1-c1csc(-c2cccc(CN)c2)n1. The molecule has 2 aromatic carbocycles. The van der Waals surface area contributed by atoms with Crippen molar-refractivity contribution in [3.8, 4) is 27.6 Å². The molecule has 3 nitrogen and oxygen atoms in total. The van der Waals surface area contributed by atoms with Gasteiger partial charge in [-0.1, -0.05) is 30.3 Å². The van der Waals surface area contributed by atoms with Gasteiger partial charge in [0.1, 0.15) is 10.8 Å². The third-order valence-corrected chi connectivity index (χ3v) is 4.19. The van der Waals surface area contributed by atoms with Gasteiger partial charge in [-0.05, 0) is 23.8 Å². The van der Waals surface area contributed by atoms with Gasteiger partial charge in [-0.3, -0.25) is 0 Å². The maximum Gasteiger partial charge on any atom is 0.128 e. The molecule has 0 unspecified atom stereocenters. The predicted octanol–water partition coefficient (Wildman–Crippen LogP) is 3.94. The average molecular weight is 296 g/mol. The lowest BCUT2D eigenvalue weighted by Crippen LogP contribution is -1.95. The van der Waals surface area contributed by atoms with Crippen LogP contribution in [0.4, 0.5) is 0 Å². The molecule has 0 saturated carbocycles. The number of nitrogens with zero attached hydrogens (tertiary/aromatic N) is 1. The van der Waals surface area contributed by atoms with E-state index in [-0.39, 0.29) is 0 Å². The molecule has 0 aliphatic carbocycles. The molecule has 1 aromatic heterocycles. The van der Waals surface area contributed by atoms with Crippen LogP contribution in [0.5, 0.6) is 5.75 Å². The molecule has 0 aliphatic heterocycles. The Balaban J connectivity index is 1.99. The number of aromatic nitrogens is 1. The van der Waals surface area contributed by atoms with Crippen molar-refractivity contribution in [2.24, 2.45) is 5.73 Å². The second-order valence-corrected chi connectivity index (χ2v) is 5.50. The predicted molar refractivity (Wildman–Crippen MR) is 87.4 cm³/mol. The molecular formula is C17H16N2OS. The van der Waals surface area contributed by atoms with Crippen molar-refractivity contribution in [2.75, 3.05) is 7.11 Å². The highest BCUT2D eigenvalue weighted by Gasteiger charge is 2.10. The Bertz CT molecular complexity index is 752. The Morgan fingerprint density at radius 2 is 2.00 bits per heavy atom. The van der Waals surface area contributed by atoms with Gasteiger partial charge in [0.25, 0.3) is 0 Å². The summed E-state index contributed by atoms with van der Waals surface area (Å²) in [7, 11) is 1.68. The van der Waals surface area contributed by atoms with Crippen molar-refractivity contribution in [2.45, 2.75) is 6.54 Å². The molecule has 0 saturated heterocycles. The highest BCUT2D eigenvalue weighted by molar-refractivity contribution is 7.13. The van der Waals surface area contributed by atoms with Crippen molar-refractivity contribution in [1.29, 1.82) is 0 Å². The van der Waals surface area contributed by atoms with Gasteiger partial charge in [0.05, 0.1) is 12.8 Å². The van der Waals surface area contributed by atoms with E-state index < -0.39 is 0 Å². The summed E-state index contributed by atoms with van der Waals surface area (Å²) in [6.07, 6.45) is 0. The fourth-order valence-corrected chi connectivity index (χ4v) is 3.03. The Kier molecular flexibility index (Phi) is 3.99. The van der Waals surface area contributed by atoms with Crippen molar-refractivity contribution in [3.63, 3.8) is 0 Å². The minimum atomic E-state index is 0.540. The number of nitrogens with two attached hydrogens (primary N) is 1. The van der Waals surface area contributed by atoms with E-state index in [9.17, 15) is 0 Å². The van der Waals surface area contributed by atoms with E-state index in [0.29, 0.717) is 6.54 Å². The smallest absolute Gasteiger partial charge is 0.128 e. The van der Waals surface area contributed by atoms with Crippen LogP contribution in [0.1, 0.15) is 5.56 Å². The van der Waals surface area contributed by atoms with Crippen LogP contribution in [0.25, 0.3) is 21.8 Å². The summed E-state index contributed by atoms with van der Waals surface area (Å²) in [6.45, 7) is 0.540. The van der Waals surface area contributed by atoms with E-state index >= 15 is 0 Å². The molecule has 0 aliphatic rings. The Morgan fingerprint density at radius 1 is 1.14 bits per heavy atom. The topological polar surface area (TPSA) is 48.1 Å². The van der Waals surface area contributed by atoms with Gasteiger partial charge in [0.15, 0.2) is 0 Å². The number of hydrogen-bond acceptors (Lipinski definition) is 4.